The SMILES string of the molecule is CCOc1cc(/C=C2\SC(=S)N([C@H](C(=O)[O-])c3ccccc3)C2=O)ccc1O. The van der Waals surface area contributed by atoms with Gasteiger partial charge in [0.2, 0.25) is 0 Å². The molecule has 2 aromatic rings. The molecule has 1 N–H and O–H groups in total. The van der Waals surface area contributed by atoms with Gasteiger partial charge in [-0.2, -0.15) is 0 Å². The second-order valence-corrected chi connectivity index (χ2v) is 7.52. The summed E-state index contributed by atoms with van der Waals surface area (Å²) in [5.41, 5.74) is 1.02. The van der Waals surface area contributed by atoms with E-state index in [-0.39, 0.29) is 15.0 Å². The van der Waals surface area contributed by atoms with Crippen molar-refractivity contribution in [3.05, 3.63) is 64.6 Å². The number of thioether (sulfide) groups is 1. The van der Waals surface area contributed by atoms with E-state index in [9.17, 15) is 19.8 Å². The Morgan fingerprint density at radius 1 is 1.32 bits per heavy atom. The standard InChI is InChI=1S/C20H17NO5S2/c1-2-26-15-10-12(8-9-14(15)22)11-16-18(23)21(20(27)28-16)17(19(24)25)13-6-4-3-5-7-13/h3-11,17,22H,2H2,1H3,(H,24,25)/p-1/b16-11-/t17-/m0/s1. The highest BCUT2D eigenvalue weighted by atomic mass is 32.2. The predicted octanol–water partition coefficient (Wildman–Crippen LogP) is 2.48. The third-order valence-corrected chi connectivity index (χ3v) is 5.33. The zero-order valence-corrected chi connectivity index (χ0v) is 16.5. The minimum atomic E-state index is -1.41. The lowest BCUT2D eigenvalue weighted by molar-refractivity contribution is -0.310. The van der Waals surface area contributed by atoms with Crippen LogP contribution in [0.5, 0.6) is 11.5 Å². The number of hydrogen-bond acceptors (Lipinski definition) is 7. The molecule has 144 valence electrons. The monoisotopic (exact) mass is 414 g/mol. The van der Waals surface area contributed by atoms with E-state index in [2.05, 4.69) is 0 Å². The number of carbonyl (C=O) groups excluding carboxylic acids is 2. The van der Waals surface area contributed by atoms with Crippen LogP contribution in [0.4, 0.5) is 0 Å². The van der Waals surface area contributed by atoms with Gasteiger partial charge < -0.3 is 19.7 Å². The second-order valence-electron chi connectivity index (χ2n) is 5.84. The molecule has 0 aromatic heterocycles. The molecule has 1 heterocycles. The van der Waals surface area contributed by atoms with Gasteiger partial charge in [-0.05, 0) is 36.3 Å². The van der Waals surface area contributed by atoms with E-state index in [4.69, 9.17) is 17.0 Å². The number of carboxylic acid groups (broad SMARTS) is 1. The summed E-state index contributed by atoms with van der Waals surface area (Å²) in [4.78, 5) is 26.0. The molecule has 28 heavy (non-hydrogen) atoms. The van der Waals surface area contributed by atoms with Crippen LogP contribution in [0.15, 0.2) is 53.4 Å². The fourth-order valence-corrected chi connectivity index (χ4v) is 4.08. The molecule has 0 radical (unpaired) electrons. The van der Waals surface area contributed by atoms with Gasteiger partial charge in [0.15, 0.2) is 11.5 Å². The number of thiocarbonyl (C=S) groups is 1. The highest BCUT2D eigenvalue weighted by Crippen LogP contribution is 2.38. The van der Waals surface area contributed by atoms with Crippen molar-refractivity contribution in [3.8, 4) is 11.5 Å². The first-order chi connectivity index (χ1) is 13.4. The maximum atomic E-state index is 12.9. The molecule has 3 rings (SSSR count). The Labute approximate surface area is 171 Å². The second kappa shape index (κ2) is 8.45. The van der Waals surface area contributed by atoms with Crippen LogP contribution >= 0.6 is 24.0 Å². The Kier molecular flexibility index (Phi) is 6.01. The van der Waals surface area contributed by atoms with Crippen LogP contribution < -0.4 is 9.84 Å². The molecule has 1 aliphatic heterocycles. The Bertz CT molecular complexity index is 958. The Morgan fingerprint density at radius 3 is 2.68 bits per heavy atom. The molecular weight excluding hydrogens is 398 g/mol. The summed E-state index contributed by atoms with van der Waals surface area (Å²) in [5, 5.41) is 21.6. The largest absolute Gasteiger partial charge is 0.547 e. The van der Waals surface area contributed by atoms with E-state index in [0.717, 1.165) is 16.7 Å². The number of aliphatic carboxylic acids is 1. The predicted molar refractivity (Wildman–Crippen MR) is 108 cm³/mol. The summed E-state index contributed by atoms with van der Waals surface area (Å²) < 4.78 is 5.48. The van der Waals surface area contributed by atoms with E-state index >= 15 is 0 Å². The molecule has 0 bridgehead atoms. The number of benzene rings is 2. The zero-order valence-electron chi connectivity index (χ0n) is 14.8. The van der Waals surface area contributed by atoms with Crippen LogP contribution in [0, 0.1) is 0 Å². The van der Waals surface area contributed by atoms with Crippen LogP contribution in [0.2, 0.25) is 0 Å². The van der Waals surface area contributed by atoms with E-state index in [1.54, 1.807) is 55.5 Å². The van der Waals surface area contributed by atoms with Crippen LogP contribution in [0.1, 0.15) is 24.1 Å². The van der Waals surface area contributed by atoms with E-state index in [1.165, 1.54) is 6.07 Å². The number of hydrogen-bond donors (Lipinski definition) is 1. The quantitative estimate of drug-likeness (QED) is 0.574. The summed E-state index contributed by atoms with van der Waals surface area (Å²) in [5.74, 6) is -1.64. The van der Waals surface area contributed by atoms with Crippen molar-refractivity contribution in [1.82, 2.24) is 4.90 Å². The lowest BCUT2D eigenvalue weighted by Gasteiger charge is -2.27. The van der Waals surface area contributed by atoms with Gasteiger partial charge in [-0.25, -0.2) is 0 Å². The third kappa shape index (κ3) is 4.02. The van der Waals surface area contributed by atoms with Crippen molar-refractivity contribution in [2.75, 3.05) is 6.61 Å². The smallest absolute Gasteiger partial charge is 0.267 e. The molecule has 2 aromatic carbocycles. The first-order valence-corrected chi connectivity index (χ1v) is 9.63. The molecule has 1 atom stereocenters. The average Bonchev–Trinajstić information content (AvgIpc) is 2.93. The Morgan fingerprint density at radius 2 is 2.04 bits per heavy atom. The van der Waals surface area contributed by atoms with E-state index in [0.29, 0.717) is 23.5 Å². The van der Waals surface area contributed by atoms with Gasteiger partial charge in [0.05, 0.1) is 17.5 Å². The van der Waals surface area contributed by atoms with Crippen molar-refractivity contribution >= 4 is 46.3 Å². The molecular formula is C20H16NO5S2-. The maximum Gasteiger partial charge on any atom is 0.267 e. The minimum absolute atomic E-state index is 0.00681. The average molecular weight is 414 g/mol. The van der Waals surface area contributed by atoms with Gasteiger partial charge >= 0.3 is 0 Å². The number of phenolic OH excluding ortho intramolecular Hbond substituents is 1. The lowest BCUT2D eigenvalue weighted by Crippen LogP contribution is -2.43. The molecule has 0 saturated carbocycles. The van der Waals surface area contributed by atoms with Crippen LogP contribution in [0.25, 0.3) is 6.08 Å². The summed E-state index contributed by atoms with van der Waals surface area (Å²) in [6.07, 6.45) is 1.58. The molecule has 8 heteroatoms. The van der Waals surface area contributed by atoms with Gasteiger partial charge in [-0.15, -0.1) is 0 Å². The molecule has 1 saturated heterocycles. The number of carbonyl (C=O) groups is 2. The van der Waals surface area contributed by atoms with Crippen LogP contribution in [0.3, 0.4) is 0 Å². The van der Waals surface area contributed by atoms with Crippen molar-refractivity contribution in [2.24, 2.45) is 0 Å². The summed E-state index contributed by atoms with van der Waals surface area (Å²) in [7, 11) is 0. The first kappa shape index (κ1) is 19.9. The van der Waals surface area contributed by atoms with Gasteiger partial charge in [-0.3, -0.25) is 9.69 Å². The van der Waals surface area contributed by atoms with Crippen LogP contribution in [-0.2, 0) is 9.59 Å². The Hall–Kier alpha value is -2.84. The lowest BCUT2D eigenvalue weighted by atomic mass is 10.1. The highest BCUT2D eigenvalue weighted by Gasteiger charge is 2.38. The number of aromatic hydroxyl groups is 1. The maximum absolute atomic E-state index is 12.9. The van der Waals surface area contributed by atoms with Crippen molar-refractivity contribution in [2.45, 2.75) is 13.0 Å². The van der Waals surface area contributed by atoms with Crippen molar-refractivity contribution in [3.63, 3.8) is 0 Å². The van der Waals surface area contributed by atoms with Gasteiger partial charge in [0, 0.05) is 0 Å². The van der Waals surface area contributed by atoms with Gasteiger partial charge in [-0.1, -0.05) is 60.4 Å². The number of carboxylic acids is 1. The number of amides is 1. The number of phenols is 1. The molecule has 0 spiro atoms. The van der Waals surface area contributed by atoms with E-state index < -0.39 is 17.9 Å². The van der Waals surface area contributed by atoms with Crippen LogP contribution in [-0.4, -0.2) is 32.8 Å². The van der Waals surface area contributed by atoms with E-state index in [1.807, 2.05) is 0 Å². The zero-order chi connectivity index (χ0) is 20.3. The summed E-state index contributed by atoms with van der Waals surface area (Å²) in [6, 6.07) is 11.7. The molecule has 0 aliphatic carbocycles. The number of ether oxygens (including phenoxy) is 1. The fraction of sp³-hybridized carbons (Fsp3) is 0.150. The molecule has 1 aliphatic rings. The molecule has 6 nitrogen and oxygen atoms in total. The molecule has 0 unspecified atom stereocenters. The molecule has 1 amide bonds. The molecule has 1 fully saturated rings. The van der Waals surface area contributed by atoms with Gasteiger partial charge in [0.25, 0.3) is 5.91 Å². The topological polar surface area (TPSA) is 89.9 Å². The fourth-order valence-electron chi connectivity index (χ4n) is 2.77. The highest BCUT2D eigenvalue weighted by molar-refractivity contribution is 8.26. The van der Waals surface area contributed by atoms with Gasteiger partial charge in [0.1, 0.15) is 10.4 Å². The normalized spacial score (nSPS) is 16.5. The third-order valence-electron chi connectivity index (χ3n) is 4.00. The summed E-state index contributed by atoms with van der Waals surface area (Å²) in [6.45, 7) is 2.17. The van der Waals surface area contributed by atoms with Crippen molar-refractivity contribution in [1.29, 1.82) is 0 Å². The minimum Gasteiger partial charge on any atom is -0.547 e. The Balaban J connectivity index is 1.94. The number of nitrogens with zero attached hydrogens (tertiary/aromatic N) is 1. The summed E-state index contributed by atoms with van der Waals surface area (Å²) >= 11 is 6.28. The van der Waals surface area contributed by atoms with Crippen molar-refractivity contribution < 1.29 is 24.5 Å². The first-order valence-electron chi connectivity index (χ1n) is 8.41. The number of rotatable bonds is 6.